The molecular weight excluding hydrogens is 338 g/mol. The van der Waals surface area contributed by atoms with Gasteiger partial charge in [0.05, 0.1) is 5.54 Å². The molecule has 0 aromatic heterocycles. The number of anilines is 1. The summed E-state index contributed by atoms with van der Waals surface area (Å²) in [7, 11) is 0. The van der Waals surface area contributed by atoms with Crippen LogP contribution in [0.3, 0.4) is 0 Å². The van der Waals surface area contributed by atoms with Gasteiger partial charge in [-0.2, -0.15) is 0 Å². The van der Waals surface area contributed by atoms with Crippen LogP contribution >= 0.6 is 0 Å². The van der Waals surface area contributed by atoms with Gasteiger partial charge in [0, 0.05) is 18.7 Å². The minimum absolute atomic E-state index is 0.00555. The van der Waals surface area contributed by atoms with E-state index in [1.54, 1.807) is 0 Å². The van der Waals surface area contributed by atoms with Gasteiger partial charge in [-0.15, -0.1) is 0 Å². The van der Waals surface area contributed by atoms with Crippen molar-refractivity contribution in [2.75, 3.05) is 11.9 Å². The lowest BCUT2D eigenvalue weighted by molar-refractivity contribution is -0.127. The Kier molecular flexibility index (Phi) is 10.7. The summed E-state index contributed by atoms with van der Waals surface area (Å²) < 4.78 is 0. The van der Waals surface area contributed by atoms with Gasteiger partial charge in [-0.3, -0.25) is 9.59 Å². The maximum Gasteiger partial charge on any atom is 0.240 e. The van der Waals surface area contributed by atoms with Crippen molar-refractivity contribution >= 4 is 17.5 Å². The SMILES string of the molecule is CCCCC(N)(CCCC)C(=O)NCCCCC(=O)Nc1cccc(C)c1. The van der Waals surface area contributed by atoms with E-state index in [0.29, 0.717) is 13.0 Å². The van der Waals surface area contributed by atoms with Crippen molar-refractivity contribution in [1.82, 2.24) is 5.32 Å². The van der Waals surface area contributed by atoms with E-state index in [1.165, 1.54) is 0 Å². The number of amides is 2. The number of carbonyl (C=O) groups is 2. The highest BCUT2D eigenvalue weighted by Gasteiger charge is 2.32. The Morgan fingerprint density at radius 1 is 1.04 bits per heavy atom. The molecule has 0 bridgehead atoms. The third-order valence-corrected chi connectivity index (χ3v) is 4.82. The summed E-state index contributed by atoms with van der Waals surface area (Å²) in [4.78, 5) is 24.5. The van der Waals surface area contributed by atoms with Crippen LogP contribution in [0.2, 0.25) is 0 Å². The maximum atomic E-state index is 12.5. The molecule has 1 aromatic carbocycles. The highest BCUT2D eigenvalue weighted by atomic mass is 16.2. The summed E-state index contributed by atoms with van der Waals surface area (Å²) in [5.74, 6) is -0.0420. The van der Waals surface area contributed by atoms with Gasteiger partial charge in [-0.25, -0.2) is 0 Å². The van der Waals surface area contributed by atoms with Crippen LogP contribution in [-0.2, 0) is 9.59 Å². The number of unbranched alkanes of at least 4 members (excludes halogenated alkanes) is 3. The lowest BCUT2D eigenvalue weighted by Gasteiger charge is -2.28. The first kappa shape index (κ1) is 23.2. The first-order chi connectivity index (χ1) is 12.9. The Hall–Kier alpha value is -1.88. The molecule has 0 fully saturated rings. The predicted octanol–water partition coefficient (Wildman–Crippen LogP) is 4.30. The molecule has 2 amide bonds. The number of nitrogens with one attached hydrogen (secondary N) is 2. The van der Waals surface area contributed by atoms with E-state index in [9.17, 15) is 9.59 Å². The van der Waals surface area contributed by atoms with Crippen LogP contribution < -0.4 is 16.4 Å². The second-order valence-electron chi connectivity index (χ2n) is 7.49. The van der Waals surface area contributed by atoms with E-state index in [0.717, 1.165) is 62.6 Å². The molecule has 0 aliphatic carbocycles. The van der Waals surface area contributed by atoms with Gasteiger partial charge >= 0.3 is 0 Å². The van der Waals surface area contributed by atoms with E-state index >= 15 is 0 Å². The van der Waals surface area contributed by atoms with Gasteiger partial charge in [0.15, 0.2) is 0 Å². The largest absolute Gasteiger partial charge is 0.355 e. The molecule has 5 nitrogen and oxygen atoms in total. The van der Waals surface area contributed by atoms with Gasteiger partial charge in [0.25, 0.3) is 0 Å². The minimum atomic E-state index is -0.755. The van der Waals surface area contributed by atoms with Crippen molar-refractivity contribution in [2.45, 2.75) is 84.1 Å². The second-order valence-corrected chi connectivity index (χ2v) is 7.49. The zero-order chi connectivity index (χ0) is 20.1. The molecule has 0 radical (unpaired) electrons. The fourth-order valence-electron chi connectivity index (χ4n) is 3.07. The van der Waals surface area contributed by atoms with Gasteiger partial charge in [0.2, 0.25) is 11.8 Å². The lowest BCUT2D eigenvalue weighted by atomic mass is 9.87. The maximum absolute atomic E-state index is 12.5. The summed E-state index contributed by atoms with van der Waals surface area (Å²) in [5.41, 5.74) is 7.59. The molecule has 0 aliphatic rings. The molecule has 0 atom stereocenters. The standard InChI is InChI=1S/C22H37N3O2/c1-4-6-14-22(23,15-7-5-2)21(27)24-16-9-8-13-20(26)25-19-12-10-11-18(3)17-19/h10-12,17H,4-9,13-16,23H2,1-3H3,(H,24,27)(H,25,26). The van der Waals surface area contributed by atoms with E-state index in [4.69, 9.17) is 5.73 Å². The van der Waals surface area contributed by atoms with Crippen molar-refractivity contribution in [3.05, 3.63) is 29.8 Å². The fourth-order valence-corrected chi connectivity index (χ4v) is 3.07. The number of benzene rings is 1. The summed E-state index contributed by atoms with van der Waals surface area (Å²) in [5, 5.41) is 5.88. The average molecular weight is 376 g/mol. The normalized spacial score (nSPS) is 11.3. The number of nitrogens with two attached hydrogens (primary N) is 1. The van der Waals surface area contributed by atoms with E-state index in [-0.39, 0.29) is 11.8 Å². The smallest absolute Gasteiger partial charge is 0.240 e. The summed E-state index contributed by atoms with van der Waals surface area (Å²) in [6.45, 7) is 6.78. The topological polar surface area (TPSA) is 84.2 Å². The predicted molar refractivity (Wildman–Crippen MR) is 113 cm³/mol. The second kappa shape index (κ2) is 12.5. The molecule has 0 heterocycles. The van der Waals surface area contributed by atoms with Gasteiger partial charge in [-0.05, 0) is 50.3 Å². The Morgan fingerprint density at radius 3 is 2.30 bits per heavy atom. The Balaban J connectivity index is 2.30. The highest BCUT2D eigenvalue weighted by Crippen LogP contribution is 2.19. The minimum Gasteiger partial charge on any atom is -0.355 e. The van der Waals surface area contributed by atoms with Gasteiger partial charge in [-0.1, -0.05) is 51.7 Å². The molecule has 0 spiro atoms. The Bertz CT molecular complexity index is 579. The van der Waals surface area contributed by atoms with Crippen LogP contribution in [0.1, 0.15) is 77.2 Å². The number of aryl methyl sites for hydroxylation is 1. The summed E-state index contributed by atoms with van der Waals surface area (Å²) in [6.07, 6.45) is 7.41. The molecule has 0 unspecified atom stereocenters. The number of hydrogen-bond donors (Lipinski definition) is 3. The van der Waals surface area contributed by atoms with Crippen LogP contribution in [0.4, 0.5) is 5.69 Å². The lowest BCUT2D eigenvalue weighted by Crippen LogP contribution is -2.54. The van der Waals surface area contributed by atoms with Gasteiger partial charge < -0.3 is 16.4 Å². The van der Waals surface area contributed by atoms with Crippen molar-refractivity contribution in [1.29, 1.82) is 0 Å². The van der Waals surface area contributed by atoms with Crippen molar-refractivity contribution in [3.8, 4) is 0 Å². The van der Waals surface area contributed by atoms with E-state index < -0.39 is 5.54 Å². The number of carbonyl (C=O) groups excluding carboxylic acids is 2. The molecule has 5 heteroatoms. The van der Waals surface area contributed by atoms with Gasteiger partial charge in [0.1, 0.15) is 0 Å². The van der Waals surface area contributed by atoms with E-state index in [2.05, 4.69) is 24.5 Å². The Morgan fingerprint density at radius 2 is 1.70 bits per heavy atom. The van der Waals surface area contributed by atoms with Crippen LogP contribution in [0.5, 0.6) is 0 Å². The van der Waals surface area contributed by atoms with Crippen LogP contribution in [0.15, 0.2) is 24.3 Å². The van der Waals surface area contributed by atoms with Crippen molar-refractivity contribution in [3.63, 3.8) is 0 Å². The highest BCUT2D eigenvalue weighted by molar-refractivity contribution is 5.90. The zero-order valence-electron chi connectivity index (χ0n) is 17.3. The summed E-state index contributed by atoms with van der Waals surface area (Å²) in [6, 6.07) is 7.76. The van der Waals surface area contributed by atoms with Crippen LogP contribution in [0, 0.1) is 6.92 Å². The molecule has 0 saturated heterocycles. The monoisotopic (exact) mass is 375 g/mol. The fraction of sp³-hybridized carbons (Fsp3) is 0.636. The molecular formula is C22H37N3O2. The van der Waals surface area contributed by atoms with E-state index in [1.807, 2.05) is 31.2 Å². The van der Waals surface area contributed by atoms with Crippen LogP contribution in [-0.4, -0.2) is 23.9 Å². The quantitative estimate of drug-likeness (QED) is 0.449. The zero-order valence-corrected chi connectivity index (χ0v) is 17.3. The molecule has 152 valence electrons. The molecule has 1 aromatic rings. The van der Waals surface area contributed by atoms with Crippen LogP contribution in [0.25, 0.3) is 0 Å². The molecule has 4 N–H and O–H groups in total. The summed E-state index contributed by atoms with van der Waals surface area (Å²) >= 11 is 0. The third-order valence-electron chi connectivity index (χ3n) is 4.82. The van der Waals surface area contributed by atoms with Crippen molar-refractivity contribution < 1.29 is 9.59 Å². The Labute approximate surface area is 164 Å². The first-order valence-electron chi connectivity index (χ1n) is 10.3. The first-order valence-corrected chi connectivity index (χ1v) is 10.3. The molecule has 0 saturated carbocycles. The number of rotatable bonds is 13. The molecule has 27 heavy (non-hydrogen) atoms. The molecule has 0 aliphatic heterocycles. The van der Waals surface area contributed by atoms with Crippen molar-refractivity contribution in [2.24, 2.45) is 5.73 Å². The average Bonchev–Trinajstić information content (AvgIpc) is 2.64. The number of hydrogen-bond acceptors (Lipinski definition) is 3. The third kappa shape index (κ3) is 9.05. The molecule has 1 rings (SSSR count).